The molecule has 1 fully saturated rings. The third-order valence-electron chi connectivity index (χ3n) is 4.62. The second kappa shape index (κ2) is 5.88. The van der Waals surface area contributed by atoms with E-state index in [1.807, 2.05) is 0 Å². The number of hydrogen-bond donors (Lipinski definition) is 1. The van der Waals surface area contributed by atoms with E-state index in [1.54, 1.807) is 0 Å². The van der Waals surface area contributed by atoms with E-state index in [0.29, 0.717) is 17.9 Å². The first kappa shape index (κ1) is 13.6. The van der Waals surface area contributed by atoms with E-state index < -0.39 is 0 Å². The largest absolute Gasteiger partial charge is 0.327 e. The Morgan fingerprint density at radius 1 is 1.17 bits per heavy atom. The van der Waals surface area contributed by atoms with Gasteiger partial charge < -0.3 is 5.73 Å². The Hall–Kier alpha value is -0.820. The van der Waals surface area contributed by atoms with Crippen LogP contribution >= 0.6 is 0 Å². The van der Waals surface area contributed by atoms with Crippen LogP contribution < -0.4 is 5.73 Å². The van der Waals surface area contributed by atoms with Crippen molar-refractivity contribution in [2.75, 3.05) is 0 Å². The first-order chi connectivity index (χ1) is 8.61. The first-order valence-corrected chi connectivity index (χ1v) is 7.47. The van der Waals surface area contributed by atoms with E-state index in [0.717, 1.165) is 5.92 Å². The fourth-order valence-electron chi connectivity index (χ4n) is 3.16. The molecule has 0 radical (unpaired) electrons. The lowest BCUT2D eigenvalue weighted by Gasteiger charge is -2.34. The molecule has 3 unspecified atom stereocenters. The monoisotopic (exact) mass is 245 g/mol. The predicted molar refractivity (Wildman–Crippen MR) is 78.9 cm³/mol. The lowest BCUT2D eigenvalue weighted by atomic mass is 9.74. The van der Waals surface area contributed by atoms with Crippen molar-refractivity contribution in [1.29, 1.82) is 0 Å². The van der Waals surface area contributed by atoms with Crippen molar-refractivity contribution >= 4 is 0 Å². The van der Waals surface area contributed by atoms with Crippen LogP contribution in [0.25, 0.3) is 0 Å². The quantitative estimate of drug-likeness (QED) is 0.837. The molecule has 1 aromatic carbocycles. The highest BCUT2D eigenvalue weighted by Crippen LogP contribution is 2.37. The van der Waals surface area contributed by atoms with Gasteiger partial charge in [-0.05, 0) is 48.1 Å². The standard InChI is InChI=1S/C17H27N/c1-4-13-5-10-17(18)16(11-13)15-8-6-14(7-9-15)12(2)3/h6-9,12-13,16-17H,4-5,10-11,18H2,1-3H3. The summed E-state index contributed by atoms with van der Waals surface area (Å²) in [6.07, 6.45) is 5.08. The van der Waals surface area contributed by atoms with E-state index in [1.165, 1.54) is 36.8 Å². The molecule has 1 saturated carbocycles. The topological polar surface area (TPSA) is 26.0 Å². The Bertz CT molecular complexity index is 366. The fourth-order valence-corrected chi connectivity index (χ4v) is 3.16. The van der Waals surface area contributed by atoms with Crippen LogP contribution in [0.5, 0.6) is 0 Å². The van der Waals surface area contributed by atoms with Crippen molar-refractivity contribution in [3.05, 3.63) is 35.4 Å². The normalized spacial score (nSPS) is 28.6. The average molecular weight is 245 g/mol. The van der Waals surface area contributed by atoms with Crippen molar-refractivity contribution < 1.29 is 0 Å². The zero-order valence-corrected chi connectivity index (χ0v) is 12.0. The highest BCUT2D eigenvalue weighted by Gasteiger charge is 2.28. The summed E-state index contributed by atoms with van der Waals surface area (Å²) in [5, 5.41) is 0. The third-order valence-corrected chi connectivity index (χ3v) is 4.62. The second-order valence-corrected chi connectivity index (χ2v) is 6.18. The van der Waals surface area contributed by atoms with Crippen molar-refractivity contribution in [3.8, 4) is 0 Å². The summed E-state index contributed by atoms with van der Waals surface area (Å²) < 4.78 is 0. The van der Waals surface area contributed by atoms with Gasteiger partial charge in [0, 0.05) is 6.04 Å². The number of hydrogen-bond acceptors (Lipinski definition) is 1. The summed E-state index contributed by atoms with van der Waals surface area (Å²) in [7, 11) is 0. The predicted octanol–water partition coefficient (Wildman–Crippen LogP) is 4.43. The van der Waals surface area contributed by atoms with Gasteiger partial charge >= 0.3 is 0 Å². The van der Waals surface area contributed by atoms with E-state index in [4.69, 9.17) is 5.73 Å². The summed E-state index contributed by atoms with van der Waals surface area (Å²) in [5.74, 6) is 2.06. The molecular formula is C17H27N. The van der Waals surface area contributed by atoms with Crippen LogP contribution in [0, 0.1) is 5.92 Å². The Morgan fingerprint density at radius 3 is 2.39 bits per heavy atom. The van der Waals surface area contributed by atoms with Crippen molar-refractivity contribution in [3.63, 3.8) is 0 Å². The van der Waals surface area contributed by atoms with Gasteiger partial charge in [-0.1, -0.05) is 51.5 Å². The molecule has 18 heavy (non-hydrogen) atoms. The van der Waals surface area contributed by atoms with Crippen LogP contribution in [0.2, 0.25) is 0 Å². The summed E-state index contributed by atoms with van der Waals surface area (Å²) in [6.45, 7) is 6.80. The van der Waals surface area contributed by atoms with Crippen LogP contribution in [0.4, 0.5) is 0 Å². The summed E-state index contributed by atoms with van der Waals surface area (Å²) in [4.78, 5) is 0. The van der Waals surface area contributed by atoms with Crippen molar-refractivity contribution in [2.45, 2.75) is 64.3 Å². The molecule has 0 aromatic heterocycles. The first-order valence-electron chi connectivity index (χ1n) is 7.47. The van der Waals surface area contributed by atoms with Gasteiger partial charge in [0.1, 0.15) is 0 Å². The maximum absolute atomic E-state index is 6.33. The zero-order valence-electron chi connectivity index (χ0n) is 12.0. The zero-order chi connectivity index (χ0) is 13.1. The lowest BCUT2D eigenvalue weighted by Crippen LogP contribution is -2.34. The highest BCUT2D eigenvalue weighted by atomic mass is 14.7. The number of nitrogens with two attached hydrogens (primary N) is 1. The van der Waals surface area contributed by atoms with Crippen LogP contribution in [0.3, 0.4) is 0 Å². The van der Waals surface area contributed by atoms with E-state index in [9.17, 15) is 0 Å². The molecule has 1 aliphatic rings. The van der Waals surface area contributed by atoms with Gasteiger partial charge in [-0.2, -0.15) is 0 Å². The Labute approximate surface area is 112 Å². The minimum atomic E-state index is 0.359. The maximum Gasteiger partial charge on any atom is 0.0108 e. The molecule has 1 heteroatoms. The van der Waals surface area contributed by atoms with Gasteiger partial charge in [-0.25, -0.2) is 0 Å². The molecule has 100 valence electrons. The van der Waals surface area contributed by atoms with Gasteiger partial charge in [0.2, 0.25) is 0 Å². The van der Waals surface area contributed by atoms with E-state index in [-0.39, 0.29) is 0 Å². The highest BCUT2D eigenvalue weighted by molar-refractivity contribution is 5.28. The fraction of sp³-hybridized carbons (Fsp3) is 0.647. The van der Waals surface area contributed by atoms with E-state index in [2.05, 4.69) is 45.0 Å². The van der Waals surface area contributed by atoms with Crippen molar-refractivity contribution in [2.24, 2.45) is 11.7 Å². The summed E-state index contributed by atoms with van der Waals surface area (Å²) >= 11 is 0. The molecule has 1 aromatic rings. The van der Waals surface area contributed by atoms with Crippen molar-refractivity contribution in [1.82, 2.24) is 0 Å². The van der Waals surface area contributed by atoms with Gasteiger partial charge in [0.15, 0.2) is 0 Å². The van der Waals surface area contributed by atoms with Crippen LogP contribution in [-0.2, 0) is 0 Å². The maximum atomic E-state index is 6.33. The molecule has 0 bridgehead atoms. The Morgan fingerprint density at radius 2 is 1.83 bits per heavy atom. The minimum absolute atomic E-state index is 0.359. The molecule has 0 saturated heterocycles. The summed E-state index contributed by atoms with van der Waals surface area (Å²) in [5.41, 5.74) is 9.20. The molecular weight excluding hydrogens is 218 g/mol. The number of benzene rings is 1. The lowest BCUT2D eigenvalue weighted by molar-refractivity contribution is 0.282. The molecule has 0 heterocycles. The Balaban J connectivity index is 2.13. The minimum Gasteiger partial charge on any atom is -0.327 e. The molecule has 1 nitrogen and oxygen atoms in total. The molecule has 0 spiro atoms. The molecule has 2 N–H and O–H groups in total. The van der Waals surface area contributed by atoms with Crippen LogP contribution in [0.1, 0.15) is 69.4 Å². The molecule has 3 atom stereocenters. The molecule has 0 amide bonds. The SMILES string of the molecule is CCC1CCC(N)C(c2ccc(C(C)C)cc2)C1. The number of rotatable bonds is 3. The average Bonchev–Trinajstić information content (AvgIpc) is 2.39. The third kappa shape index (κ3) is 2.95. The van der Waals surface area contributed by atoms with E-state index >= 15 is 0 Å². The molecule has 1 aliphatic carbocycles. The van der Waals surface area contributed by atoms with Crippen LogP contribution in [0.15, 0.2) is 24.3 Å². The molecule has 0 aliphatic heterocycles. The van der Waals surface area contributed by atoms with Gasteiger partial charge in [0.25, 0.3) is 0 Å². The van der Waals surface area contributed by atoms with Gasteiger partial charge in [-0.15, -0.1) is 0 Å². The van der Waals surface area contributed by atoms with Gasteiger partial charge in [0.05, 0.1) is 0 Å². The van der Waals surface area contributed by atoms with Crippen LogP contribution in [-0.4, -0.2) is 6.04 Å². The smallest absolute Gasteiger partial charge is 0.0108 e. The van der Waals surface area contributed by atoms with Gasteiger partial charge in [-0.3, -0.25) is 0 Å². The molecule has 2 rings (SSSR count). The Kier molecular flexibility index (Phi) is 4.45. The summed E-state index contributed by atoms with van der Waals surface area (Å²) in [6, 6.07) is 9.53. The second-order valence-electron chi connectivity index (χ2n) is 6.18.